The van der Waals surface area contributed by atoms with E-state index in [9.17, 15) is 24.6 Å². The van der Waals surface area contributed by atoms with Crippen LogP contribution in [-0.4, -0.2) is 41.0 Å². The van der Waals surface area contributed by atoms with Crippen LogP contribution in [0.25, 0.3) is 11.1 Å². The molecule has 0 bridgehead atoms. The molecule has 0 aliphatic rings. The van der Waals surface area contributed by atoms with Crippen molar-refractivity contribution in [1.29, 1.82) is 0 Å². The second kappa shape index (κ2) is 15.0. The molecule has 0 aliphatic carbocycles. The third-order valence-electron chi connectivity index (χ3n) is 5.48. The summed E-state index contributed by atoms with van der Waals surface area (Å²) in [5.41, 5.74) is 2.58. The number of carboxylic acids is 1. The van der Waals surface area contributed by atoms with Crippen molar-refractivity contribution in [1.82, 2.24) is 15.6 Å². The number of hydrogen-bond acceptors (Lipinski definition) is 7. The summed E-state index contributed by atoms with van der Waals surface area (Å²) in [4.78, 5) is 40.1. The molecule has 1 unspecified atom stereocenters. The summed E-state index contributed by atoms with van der Waals surface area (Å²) in [7, 11) is 0. The zero-order valence-corrected chi connectivity index (χ0v) is 23.0. The number of aromatic hydroxyl groups is 1. The number of nitrogens with zero attached hydrogens (tertiary/aromatic N) is 1. The van der Waals surface area contributed by atoms with Crippen molar-refractivity contribution < 1.29 is 54.2 Å². The van der Waals surface area contributed by atoms with Gasteiger partial charge in [0.15, 0.2) is 0 Å². The van der Waals surface area contributed by atoms with Crippen molar-refractivity contribution in [2.75, 3.05) is 18.4 Å². The number of anilines is 1. The first-order valence-electron chi connectivity index (χ1n) is 11.6. The second-order valence-electron chi connectivity index (χ2n) is 8.33. The molecule has 2 aromatic carbocycles. The number of benzene rings is 2. The van der Waals surface area contributed by atoms with E-state index in [2.05, 4.69) is 20.9 Å². The number of aryl methyl sites for hydroxylation is 1. The number of rotatable bonds is 12. The molecule has 0 saturated heterocycles. The Balaban J connectivity index is 0.00000481. The Labute approximate surface area is 238 Å². The minimum atomic E-state index is -1.38. The molecular formula is C27H29N4NaO5. The summed E-state index contributed by atoms with van der Waals surface area (Å²) >= 11 is 0. The van der Waals surface area contributed by atoms with E-state index >= 15 is 0 Å². The van der Waals surface area contributed by atoms with E-state index in [4.69, 9.17) is 0 Å². The van der Waals surface area contributed by atoms with Gasteiger partial charge < -0.3 is 31.0 Å². The maximum Gasteiger partial charge on any atom is 1.00 e. The normalized spacial score (nSPS) is 11.1. The number of pyridine rings is 1. The number of phenolic OH excluding ortho intramolecular Hbond substituents is 1. The third-order valence-corrected chi connectivity index (χ3v) is 5.48. The van der Waals surface area contributed by atoms with Gasteiger partial charge in [0.2, 0.25) is 11.8 Å². The van der Waals surface area contributed by atoms with Gasteiger partial charge in [-0.1, -0.05) is 48.5 Å². The Hall–Kier alpha value is -3.40. The zero-order chi connectivity index (χ0) is 25.9. The van der Waals surface area contributed by atoms with Gasteiger partial charge in [-0.05, 0) is 36.6 Å². The Morgan fingerprint density at radius 1 is 1.03 bits per heavy atom. The van der Waals surface area contributed by atoms with Crippen LogP contribution in [0.5, 0.6) is 5.75 Å². The van der Waals surface area contributed by atoms with Crippen molar-refractivity contribution in [2.45, 2.75) is 32.2 Å². The SMILES string of the molecule is Cc1ccnc(NCCCC(=O)NCC(=O)NC(CC(=O)[O-])c2cccc(-c3ccccc3)c2O)c1.[Na+]. The van der Waals surface area contributed by atoms with Crippen molar-refractivity contribution in [3.8, 4) is 16.9 Å². The molecule has 0 radical (unpaired) electrons. The van der Waals surface area contributed by atoms with Crippen LogP contribution >= 0.6 is 0 Å². The summed E-state index contributed by atoms with van der Waals surface area (Å²) < 4.78 is 0. The van der Waals surface area contributed by atoms with Gasteiger partial charge in [0.05, 0.1) is 12.6 Å². The molecule has 9 nitrogen and oxygen atoms in total. The first-order valence-corrected chi connectivity index (χ1v) is 11.6. The van der Waals surface area contributed by atoms with Gasteiger partial charge in [0.25, 0.3) is 0 Å². The first-order chi connectivity index (χ1) is 17.3. The predicted octanol–water partition coefficient (Wildman–Crippen LogP) is -0.928. The maximum absolute atomic E-state index is 12.5. The summed E-state index contributed by atoms with van der Waals surface area (Å²) in [6.45, 7) is 2.18. The molecule has 4 N–H and O–H groups in total. The molecule has 0 spiro atoms. The molecule has 188 valence electrons. The average Bonchev–Trinajstić information content (AvgIpc) is 2.85. The summed E-state index contributed by atoms with van der Waals surface area (Å²) in [5.74, 6) is -1.68. The molecule has 0 aliphatic heterocycles. The Bertz CT molecular complexity index is 1210. The van der Waals surface area contributed by atoms with Gasteiger partial charge >= 0.3 is 29.6 Å². The number of aliphatic carboxylic acids is 1. The van der Waals surface area contributed by atoms with E-state index in [-0.39, 0.29) is 59.7 Å². The third kappa shape index (κ3) is 9.53. The van der Waals surface area contributed by atoms with E-state index in [0.29, 0.717) is 18.5 Å². The number of para-hydroxylation sites is 1. The summed E-state index contributed by atoms with van der Waals surface area (Å²) in [6.07, 6.45) is 1.91. The standard InChI is InChI=1S/C27H30N4O5.Na/c1-18-12-14-29-23(15-18)28-13-6-11-24(32)30-17-25(33)31-22(16-26(34)35)21-10-5-9-20(27(21)36)19-7-3-2-4-8-19;/h2-5,7-10,12,14-15,22,36H,6,11,13,16-17H2,1H3,(H,28,29)(H,30,32)(H,31,33)(H,34,35);/q;+1/p-1. The second-order valence-corrected chi connectivity index (χ2v) is 8.33. The molecule has 37 heavy (non-hydrogen) atoms. The quantitative estimate of drug-likeness (QED) is 0.181. The van der Waals surface area contributed by atoms with Crippen LogP contribution in [0, 0.1) is 6.92 Å². The fourth-order valence-electron chi connectivity index (χ4n) is 3.71. The summed E-state index contributed by atoms with van der Waals surface area (Å²) in [5, 5.41) is 30.4. The molecule has 3 aromatic rings. The predicted molar refractivity (Wildman–Crippen MR) is 134 cm³/mol. The number of carbonyl (C=O) groups is 3. The summed E-state index contributed by atoms with van der Waals surface area (Å²) in [6, 6.07) is 16.8. The number of hydrogen-bond donors (Lipinski definition) is 4. The maximum atomic E-state index is 12.5. The van der Waals surface area contributed by atoms with Crippen LogP contribution in [0.2, 0.25) is 0 Å². The molecule has 1 heterocycles. The Kier molecular flexibility index (Phi) is 12.1. The van der Waals surface area contributed by atoms with Gasteiger partial charge in [-0.2, -0.15) is 0 Å². The van der Waals surface area contributed by atoms with Crippen molar-refractivity contribution in [2.24, 2.45) is 0 Å². The van der Waals surface area contributed by atoms with Crippen LogP contribution in [0.3, 0.4) is 0 Å². The van der Waals surface area contributed by atoms with Crippen molar-refractivity contribution in [3.63, 3.8) is 0 Å². The Morgan fingerprint density at radius 2 is 1.78 bits per heavy atom. The van der Waals surface area contributed by atoms with Crippen LogP contribution in [0.4, 0.5) is 5.82 Å². The van der Waals surface area contributed by atoms with Gasteiger partial charge in [-0.15, -0.1) is 0 Å². The van der Waals surface area contributed by atoms with E-state index in [1.165, 1.54) is 0 Å². The average molecular weight is 513 g/mol. The van der Waals surface area contributed by atoms with Gasteiger partial charge in [-0.25, -0.2) is 4.98 Å². The number of aromatic nitrogens is 1. The van der Waals surface area contributed by atoms with Gasteiger partial charge in [0, 0.05) is 42.7 Å². The van der Waals surface area contributed by atoms with Crippen molar-refractivity contribution >= 4 is 23.6 Å². The molecular weight excluding hydrogens is 483 g/mol. The molecule has 0 saturated carbocycles. The largest absolute Gasteiger partial charge is 1.00 e. The number of amides is 2. The smallest absolute Gasteiger partial charge is 0.550 e. The number of nitrogens with one attached hydrogen (secondary N) is 3. The molecule has 3 rings (SSSR count). The minimum absolute atomic E-state index is 0. The first kappa shape index (κ1) is 29.8. The fraction of sp³-hybridized carbons (Fsp3) is 0.259. The number of phenols is 1. The van der Waals surface area contributed by atoms with Crippen molar-refractivity contribution in [3.05, 3.63) is 78.0 Å². The van der Waals surface area contributed by atoms with E-state index < -0.39 is 24.3 Å². The zero-order valence-electron chi connectivity index (χ0n) is 21.0. The molecule has 2 amide bonds. The Morgan fingerprint density at radius 3 is 2.49 bits per heavy atom. The molecule has 1 atom stereocenters. The topological polar surface area (TPSA) is 143 Å². The van der Waals surface area contributed by atoms with Crippen LogP contribution in [-0.2, 0) is 14.4 Å². The number of carboxylic acid groups (broad SMARTS) is 1. The molecule has 0 fully saturated rings. The van der Waals surface area contributed by atoms with Crippen LogP contribution in [0.1, 0.15) is 36.4 Å². The van der Waals surface area contributed by atoms with E-state index in [0.717, 1.165) is 16.9 Å². The molecule has 1 aromatic heterocycles. The van der Waals surface area contributed by atoms with Crippen LogP contribution < -0.4 is 50.6 Å². The number of carbonyl (C=O) groups excluding carboxylic acids is 3. The van der Waals surface area contributed by atoms with Gasteiger partial charge in [-0.3, -0.25) is 9.59 Å². The van der Waals surface area contributed by atoms with E-state index in [1.807, 2.05) is 49.4 Å². The monoisotopic (exact) mass is 512 g/mol. The minimum Gasteiger partial charge on any atom is -0.550 e. The van der Waals surface area contributed by atoms with Gasteiger partial charge in [0.1, 0.15) is 11.6 Å². The molecule has 10 heteroatoms. The fourth-order valence-corrected chi connectivity index (χ4v) is 3.71. The van der Waals surface area contributed by atoms with Crippen LogP contribution in [0.15, 0.2) is 66.9 Å². The van der Waals surface area contributed by atoms with E-state index in [1.54, 1.807) is 24.4 Å².